The van der Waals surface area contributed by atoms with Gasteiger partial charge in [-0.2, -0.15) is 0 Å². The molecule has 3 N–H and O–H groups in total. The van der Waals surface area contributed by atoms with E-state index in [4.69, 9.17) is 15.9 Å². The van der Waals surface area contributed by atoms with Gasteiger partial charge in [-0.05, 0) is 30.0 Å². The van der Waals surface area contributed by atoms with E-state index < -0.39 is 17.3 Å². The summed E-state index contributed by atoms with van der Waals surface area (Å²) in [6, 6.07) is 7.92. The highest BCUT2D eigenvalue weighted by molar-refractivity contribution is 5.86. The Labute approximate surface area is 139 Å². The number of esters is 1. The first-order valence-electron chi connectivity index (χ1n) is 7.63. The molecule has 0 bridgehead atoms. The standard InChI is InChI=1S/C18H18FN3O2/c1-24-17(23)18(6-7-18)13-4-2-11(3-5-13)12-8-14(19)16(22-10-12)15(21)9-20/h2-5,8-10,15,20H,6-7,21H2,1H3. The summed E-state index contributed by atoms with van der Waals surface area (Å²) in [6.07, 6.45) is 4.04. The van der Waals surface area contributed by atoms with E-state index in [2.05, 4.69) is 4.98 Å². The summed E-state index contributed by atoms with van der Waals surface area (Å²) in [5, 5.41) is 7.10. The number of rotatable bonds is 5. The molecule has 0 saturated heterocycles. The maximum atomic E-state index is 14.1. The molecule has 1 saturated carbocycles. The average Bonchev–Trinajstić information content (AvgIpc) is 3.42. The summed E-state index contributed by atoms with van der Waals surface area (Å²) < 4.78 is 19.0. The fourth-order valence-corrected chi connectivity index (χ4v) is 2.84. The lowest BCUT2D eigenvalue weighted by Crippen LogP contribution is -2.21. The highest BCUT2D eigenvalue weighted by atomic mass is 19.1. The molecule has 0 amide bonds. The van der Waals surface area contributed by atoms with Gasteiger partial charge < -0.3 is 15.9 Å². The molecule has 6 heteroatoms. The van der Waals surface area contributed by atoms with Crippen LogP contribution in [0.2, 0.25) is 0 Å². The van der Waals surface area contributed by atoms with Crippen molar-refractivity contribution in [1.29, 1.82) is 5.41 Å². The highest BCUT2D eigenvalue weighted by Gasteiger charge is 2.52. The number of hydrogen-bond donors (Lipinski definition) is 2. The second kappa shape index (κ2) is 6.13. The maximum Gasteiger partial charge on any atom is 0.316 e. The summed E-state index contributed by atoms with van der Waals surface area (Å²) in [5.41, 5.74) is 7.46. The first-order valence-corrected chi connectivity index (χ1v) is 7.63. The van der Waals surface area contributed by atoms with Crippen molar-refractivity contribution in [2.45, 2.75) is 24.3 Å². The first kappa shape index (κ1) is 16.3. The number of nitrogens with zero attached hydrogens (tertiary/aromatic N) is 1. The van der Waals surface area contributed by atoms with Crippen molar-refractivity contribution in [3.63, 3.8) is 0 Å². The number of aromatic nitrogens is 1. The molecular weight excluding hydrogens is 309 g/mol. The molecule has 1 aromatic carbocycles. The van der Waals surface area contributed by atoms with Gasteiger partial charge in [0.25, 0.3) is 0 Å². The van der Waals surface area contributed by atoms with Crippen molar-refractivity contribution in [3.05, 3.63) is 53.6 Å². The summed E-state index contributed by atoms with van der Waals surface area (Å²) in [6.45, 7) is 0. The van der Waals surface area contributed by atoms with Crippen LogP contribution in [0.1, 0.15) is 30.1 Å². The van der Waals surface area contributed by atoms with E-state index in [1.165, 1.54) is 19.4 Å². The number of carbonyl (C=O) groups is 1. The van der Waals surface area contributed by atoms with Crippen LogP contribution in [0, 0.1) is 11.2 Å². The highest BCUT2D eigenvalue weighted by Crippen LogP contribution is 2.49. The number of benzene rings is 1. The van der Waals surface area contributed by atoms with Gasteiger partial charge in [0.15, 0.2) is 0 Å². The van der Waals surface area contributed by atoms with E-state index in [0.717, 1.165) is 30.2 Å². The lowest BCUT2D eigenvalue weighted by Gasteiger charge is -2.14. The van der Waals surface area contributed by atoms with E-state index in [1.54, 1.807) is 0 Å². The van der Waals surface area contributed by atoms with Crippen LogP contribution in [-0.2, 0) is 14.9 Å². The molecule has 1 unspecified atom stereocenters. The molecule has 3 rings (SSSR count). The molecule has 124 valence electrons. The van der Waals surface area contributed by atoms with Crippen LogP contribution in [0.4, 0.5) is 4.39 Å². The normalized spacial score (nSPS) is 16.3. The lowest BCUT2D eigenvalue weighted by atomic mass is 9.94. The van der Waals surface area contributed by atoms with Gasteiger partial charge in [0, 0.05) is 18.0 Å². The Balaban J connectivity index is 1.88. The van der Waals surface area contributed by atoms with Gasteiger partial charge >= 0.3 is 5.97 Å². The summed E-state index contributed by atoms with van der Waals surface area (Å²) in [7, 11) is 1.39. The van der Waals surface area contributed by atoms with E-state index in [9.17, 15) is 9.18 Å². The first-order chi connectivity index (χ1) is 11.5. The molecule has 24 heavy (non-hydrogen) atoms. The molecule has 0 aliphatic heterocycles. The number of nitrogens with two attached hydrogens (primary N) is 1. The predicted molar refractivity (Wildman–Crippen MR) is 88.3 cm³/mol. The maximum absolute atomic E-state index is 14.1. The molecule has 5 nitrogen and oxygen atoms in total. The van der Waals surface area contributed by atoms with Crippen molar-refractivity contribution >= 4 is 12.2 Å². The fourth-order valence-electron chi connectivity index (χ4n) is 2.84. The van der Waals surface area contributed by atoms with E-state index in [0.29, 0.717) is 5.56 Å². The monoisotopic (exact) mass is 327 g/mol. The SMILES string of the molecule is COC(=O)C1(c2ccc(-c3cnc(C(N)C=N)c(F)c3)cc2)CC1. The van der Waals surface area contributed by atoms with E-state index >= 15 is 0 Å². The van der Waals surface area contributed by atoms with Gasteiger partial charge in [-0.15, -0.1) is 0 Å². The Bertz CT molecular complexity index is 785. The van der Waals surface area contributed by atoms with Crippen molar-refractivity contribution in [2.24, 2.45) is 5.73 Å². The zero-order valence-electron chi connectivity index (χ0n) is 13.3. The minimum Gasteiger partial charge on any atom is -0.468 e. The largest absolute Gasteiger partial charge is 0.468 e. The van der Waals surface area contributed by atoms with Gasteiger partial charge in [0.05, 0.1) is 24.3 Å². The van der Waals surface area contributed by atoms with Crippen LogP contribution >= 0.6 is 0 Å². The number of carbonyl (C=O) groups excluding carboxylic acids is 1. The Kier molecular flexibility index (Phi) is 4.15. The molecule has 0 radical (unpaired) electrons. The zero-order chi connectivity index (χ0) is 17.3. The van der Waals surface area contributed by atoms with Gasteiger partial charge in [0.2, 0.25) is 0 Å². The quantitative estimate of drug-likeness (QED) is 0.653. The minimum atomic E-state index is -0.851. The van der Waals surface area contributed by atoms with Crippen LogP contribution in [0.25, 0.3) is 11.1 Å². The smallest absolute Gasteiger partial charge is 0.316 e. The Morgan fingerprint density at radius 1 is 1.38 bits per heavy atom. The van der Waals surface area contributed by atoms with Gasteiger partial charge in [-0.3, -0.25) is 9.78 Å². The third-order valence-corrected chi connectivity index (χ3v) is 4.46. The van der Waals surface area contributed by atoms with E-state index in [-0.39, 0.29) is 11.7 Å². The van der Waals surface area contributed by atoms with E-state index in [1.807, 2.05) is 24.3 Å². The minimum absolute atomic E-state index is 0.0491. The van der Waals surface area contributed by atoms with Crippen LogP contribution in [0.15, 0.2) is 36.5 Å². The molecule has 1 heterocycles. The number of ether oxygens (including phenoxy) is 1. The third kappa shape index (κ3) is 2.69. The van der Waals surface area contributed by atoms with Crippen LogP contribution in [0.5, 0.6) is 0 Å². The van der Waals surface area contributed by atoms with Crippen molar-refractivity contribution in [1.82, 2.24) is 4.98 Å². The molecule has 1 atom stereocenters. The third-order valence-electron chi connectivity index (χ3n) is 4.46. The average molecular weight is 327 g/mol. The molecule has 1 aromatic heterocycles. The summed E-state index contributed by atoms with van der Waals surface area (Å²) >= 11 is 0. The van der Waals surface area contributed by atoms with Crippen molar-refractivity contribution < 1.29 is 13.9 Å². The van der Waals surface area contributed by atoms with Crippen LogP contribution < -0.4 is 5.73 Å². The Morgan fingerprint density at radius 3 is 2.54 bits per heavy atom. The number of pyridine rings is 1. The molecular formula is C18H18FN3O2. The van der Waals surface area contributed by atoms with Gasteiger partial charge in [-0.1, -0.05) is 24.3 Å². The summed E-state index contributed by atoms with van der Waals surface area (Å²) in [4.78, 5) is 15.9. The van der Waals surface area contributed by atoms with Crippen LogP contribution in [-0.4, -0.2) is 24.3 Å². The molecule has 1 aliphatic rings. The molecule has 1 aliphatic carbocycles. The number of hydrogen-bond acceptors (Lipinski definition) is 5. The number of methoxy groups -OCH3 is 1. The second-order valence-electron chi connectivity index (χ2n) is 5.93. The fraction of sp³-hybridized carbons (Fsp3) is 0.278. The topological polar surface area (TPSA) is 89.1 Å². The zero-order valence-corrected chi connectivity index (χ0v) is 13.3. The Hall–Kier alpha value is -2.60. The lowest BCUT2D eigenvalue weighted by molar-refractivity contribution is -0.143. The summed E-state index contributed by atoms with van der Waals surface area (Å²) in [5.74, 6) is -0.756. The number of nitrogens with one attached hydrogen (secondary N) is 1. The molecule has 0 spiro atoms. The van der Waals surface area contributed by atoms with Gasteiger partial charge in [-0.25, -0.2) is 4.39 Å². The van der Waals surface area contributed by atoms with Crippen molar-refractivity contribution in [2.75, 3.05) is 7.11 Å². The Morgan fingerprint density at radius 2 is 2.04 bits per heavy atom. The second-order valence-corrected chi connectivity index (χ2v) is 5.93. The van der Waals surface area contributed by atoms with Crippen LogP contribution in [0.3, 0.4) is 0 Å². The molecule has 1 fully saturated rings. The van der Waals surface area contributed by atoms with Crippen molar-refractivity contribution in [3.8, 4) is 11.1 Å². The number of halogens is 1. The predicted octanol–water partition coefficient (Wildman–Crippen LogP) is 2.74. The molecule has 2 aromatic rings. The van der Waals surface area contributed by atoms with Gasteiger partial charge in [0.1, 0.15) is 5.82 Å².